The summed E-state index contributed by atoms with van der Waals surface area (Å²) >= 11 is 0. The molecule has 0 saturated carbocycles. The maximum atomic E-state index is 11.3. The number of hydrogen-bond donors (Lipinski definition) is 1. The summed E-state index contributed by atoms with van der Waals surface area (Å²) in [5, 5.41) is 3.28. The van der Waals surface area contributed by atoms with Crippen molar-refractivity contribution < 1.29 is 23.7 Å². The van der Waals surface area contributed by atoms with E-state index in [-0.39, 0.29) is 11.7 Å². The van der Waals surface area contributed by atoms with Crippen molar-refractivity contribution in [3.8, 4) is 0 Å². The highest BCUT2D eigenvalue weighted by Crippen LogP contribution is 1.98. The van der Waals surface area contributed by atoms with E-state index >= 15 is 0 Å². The van der Waals surface area contributed by atoms with Crippen LogP contribution in [0.2, 0.25) is 0 Å². The number of Topliss-reactive ketones (excluding diaryl/α,β-unsaturated/α-hetero) is 1. The second kappa shape index (κ2) is 16.3. The van der Waals surface area contributed by atoms with Gasteiger partial charge >= 0.3 is 0 Å². The fourth-order valence-electron chi connectivity index (χ4n) is 1.64. The number of ketones is 1. The number of carbonyl (C=O) groups excluding carboxylic acids is 1. The minimum absolute atomic E-state index is 0.0856. The molecule has 0 rings (SSSR count). The molecule has 0 bridgehead atoms. The summed E-state index contributed by atoms with van der Waals surface area (Å²) in [6.07, 6.45) is 0.480. The van der Waals surface area contributed by atoms with E-state index in [1.165, 1.54) is 0 Å². The van der Waals surface area contributed by atoms with Crippen LogP contribution in [-0.2, 0) is 23.7 Å². The Balaban J connectivity index is 3.07. The molecule has 0 unspecified atom stereocenters. The SMILES string of the molecule is CC(C)NCCOCCOCCOCCOCCC(=O)C(C)C. The van der Waals surface area contributed by atoms with Gasteiger partial charge in [-0.3, -0.25) is 4.79 Å². The van der Waals surface area contributed by atoms with Gasteiger partial charge < -0.3 is 24.3 Å². The van der Waals surface area contributed by atoms with Crippen molar-refractivity contribution in [1.82, 2.24) is 5.32 Å². The Morgan fingerprint density at radius 2 is 1.17 bits per heavy atom. The minimum Gasteiger partial charge on any atom is -0.379 e. The van der Waals surface area contributed by atoms with Gasteiger partial charge in [0.15, 0.2) is 0 Å². The molecule has 0 aromatic carbocycles. The molecule has 0 heterocycles. The normalized spacial score (nSPS) is 11.6. The van der Waals surface area contributed by atoms with Crippen molar-refractivity contribution in [2.45, 2.75) is 40.2 Å². The Bertz CT molecular complexity index is 272. The third kappa shape index (κ3) is 17.7. The summed E-state index contributed by atoms with van der Waals surface area (Å²) in [5.41, 5.74) is 0. The number of hydrogen-bond acceptors (Lipinski definition) is 6. The first-order chi connectivity index (χ1) is 11.0. The van der Waals surface area contributed by atoms with Crippen molar-refractivity contribution in [3.05, 3.63) is 0 Å². The maximum absolute atomic E-state index is 11.3. The van der Waals surface area contributed by atoms with Gasteiger partial charge in [-0.05, 0) is 0 Å². The van der Waals surface area contributed by atoms with Crippen LogP contribution in [0.1, 0.15) is 34.1 Å². The van der Waals surface area contributed by atoms with E-state index in [0.717, 1.165) is 6.54 Å². The van der Waals surface area contributed by atoms with Crippen molar-refractivity contribution in [1.29, 1.82) is 0 Å². The molecule has 0 aromatic rings. The van der Waals surface area contributed by atoms with Gasteiger partial charge in [-0.1, -0.05) is 27.7 Å². The maximum Gasteiger partial charge on any atom is 0.137 e. The molecule has 0 aliphatic carbocycles. The van der Waals surface area contributed by atoms with Crippen molar-refractivity contribution in [2.24, 2.45) is 5.92 Å². The first-order valence-corrected chi connectivity index (χ1v) is 8.61. The second-order valence-corrected chi connectivity index (χ2v) is 5.93. The molecule has 1 N–H and O–H groups in total. The predicted octanol–water partition coefficient (Wildman–Crippen LogP) is 1.67. The van der Waals surface area contributed by atoms with Crippen LogP contribution in [0.5, 0.6) is 0 Å². The Morgan fingerprint density at radius 1 is 0.739 bits per heavy atom. The van der Waals surface area contributed by atoms with Crippen LogP contribution >= 0.6 is 0 Å². The Hall–Kier alpha value is -0.530. The van der Waals surface area contributed by atoms with Gasteiger partial charge in [-0.25, -0.2) is 0 Å². The lowest BCUT2D eigenvalue weighted by atomic mass is 10.1. The summed E-state index contributed by atoms with van der Waals surface area (Å²) in [4.78, 5) is 11.3. The van der Waals surface area contributed by atoms with Gasteiger partial charge in [0, 0.05) is 24.9 Å². The summed E-state index contributed by atoms with van der Waals surface area (Å²) in [6.45, 7) is 13.4. The van der Waals surface area contributed by atoms with Crippen LogP contribution < -0.4 is 5.32 Å². The lowest BCUT2D eigenvalue weighted by Crippen LogP contribution is -2.27. The van der Waals surface area contributed by atoms with E-state index in [1.807, 2.05) is 13.8 Å². The van der Waals surface area contributed by atoms with E-state index in [2.05, 4.69) is 19.2 Å². The van der Waals surface area contributed by atoms with E-state index < -0.39 is 0 Å². The first kappa shape index (κ1) is 22.5. The average Bonchev–Trinajstić information content (AvgIpc) is 2.50. The summed E-state index contributed by atoms with van der Waals surface area (Å²) in [7, 11) is 0. The van der Waals surface area contributed by atoms with Crippen LogP contribution in [0.15, 0.2) is 0 Å². The molecule has 0 radical (unpaired) electrons. The monoisotopic (exact) mass is 333 g/mol. The smallest absolute Gasteiger partial charge is 0.137 e. The van der Waals surface area contributed by atoms with Crippen molar-refractivity contribution in [3.63, 3.8) is 0 Å². The van der Waals surface area contributed by atoms with Crippen LogP contribution in [-0.4, -0.2) is 71.2 Å². The van der Waals surface area contributed by atoms with Gasteiger partial charge in [-0.15, -0.1) is 0 Å². The lowest BCUT2D eigenvalue weighted by Gasteiger charge is -2.09. The molecular weight excluding hydrogens is 298 g/mol. The van der Waals surface area contributed by atoms with Gasteiger partial charge in [0.05, 0.1) is 52.9 Å². The molecule has 0 amide bonds. The number of carbonyl (C=O) groups is 1. The van der Waals surface area contributed by atoms with Crippen molar-refractivity contribution in [2.75, 3.05) is 59.4 Å². The highest BCUT2D eigenvalue weighted by Gasteiger charge is 2.05. The third-order valence-electron chi connectivity index (χ3n) is 3.05. The Labute approximate surface area is 141 Å². The molecule has 6 heteroatoms. The lowest BCUT2D eigenvalue weighted by molar-refractivity contribution is -0.123. The zero-order valence-electron chi connectivity index (χ0n) is 15.3. The zero-order valence-corrected chi connectivity index (χ0v) is 15.3. The van der Waals surface area contributed by atoms with Crippen LogP contribution in [0.25, 0.3) is 0 Å². The van der Waals surface area contributed by atoms with E-state index in [4.69, 9.17) is 18.9 Å². The van der Waals surface area contributed by atoms with Crippen LogP contribution in [0.3, 0.4) is 0 Å². The molecule has 0 saturated heterocycles. The van der Waals surface area contributed by atoms with E-state index in [1.54, 1.807) is 0 Å². The molecule has 0 fully saturated rings. The van der Waals surface area contributed by atoms with Crippen LogP contribution in [0, 0.1) is 5.92 Å². The third-order valence-corrected chi connectivity index (χ3v) is 3.05. The van der Waals surface area contributed by atoms with Gasteiger partial charge in [0.2, 0.25) is 0 Å². The summed E-state index contributed by atoms with van der Waals surface area (Å²) in [6, 6.07) is 0.492. The number of ether oxygens (including phenoxy) is 4. The molecule has 0 aromatic heterocycles. The average molecular weight is 333 g/mol. The molecule has 0 atom stereocenters. The number of rotatable bonds is 17. The highest BCUT2D eigenvalue weighted by atomic mass is 16.6. The molecule has 0 aliphatic rings. The first-order valence-electron chi connectivity index (χ1n) is 8.61. The topological polar surface area (TPSA) is 66.0 Å². The van der Waals surface area contributed by atoms with Gasteiger partial charge in [0.25, 0.3) is 0 Å². The van der Waals surface area contributed by atoms with E-state index in [0.29, 0.717) is 65.3 Å². The molecule has 0 spiro atoms. The summed E-state index contributed by atoms with van der Waals surface area (Å²) in [5.74, 6) is 0.323. The Morgan fingerprint density at radius 3 is 1.61 bits per heavy atom. The van der Waals surface area contributed by atoms with Crippen molar-refractivity contribution >= 4 is 5.78 Å². The molecule has 23 heavy (non-hydrogen) atoms. The van der Waals surface area contributed by atoms with E-state index in [9.17, 15) is 4.79 Å². The summed E-state index contributed by atoms with van der Waals surface area (Å²) < 4.78 is 21.5. The second-order valence-electron chi connectivity index (χ2n) is 5.93. The van der Waals surface area contributed by atoms with Gasteiger partial charge in [-0.2, -0.15) is 0 Å². The molecular formula is C17H35NO5. The molecule has 6 nitrogen and oxygen atoms in total. The fraction of sp³-hybridized carbons (Fsp3) is 0.941. The predicted molar refractivity (Wildman–Crippen MR) is 90.9 cm³/mol. The number of nitrogens with one attached hydrogen (secondary N) is 1. The quantitative estimate of drug-likeness (QED) is 0.409. The molecule has 138 valence electrons. The fourth-order valence-corrected chi connectivity index (χ4v) is 1.64. The van der Waals surface area contributed by atoms with Crippen LogP contribution in [0.4, 0.5) is 0 Å². The zero-order chi connectivity index (χ0) is 17.3. The standard InChI is InChI=1S/C17H35NO5/c1-15(2)17(19)5-7-20-9-11-22-13-14-23-12-10-21-8-6-18-16(3)4/h15-16,18H,5-14H2,1-4H3. The largest absolute Gasteiger partial charge is 0.379 e. The van der Waals surface area contributed by atoms with Gasteiger partial charge in [0.1, 0.15) is 5.78 Å². The highest BCUT2D eigenvalue weighted by molar-refractivity contribution is 5.80. The minimum atomic E-state index is 0.0856. The molecule has 0 aliphatic heterocycles. The Kier molecular flexibility index (Phi) is 16.0.